The number of aliphatic hydroxyl groups is 1. The Kier molecular flexibility index (Phi) is 6.74. The highest BCUT2D eigenvalue weighted by molar-refractivity contribution is 5.73. The third-order valence-corrected chi connectivity index (χ3v) is 4.13. The van der Waals surface area contributed by atoms with E-state index in [1.165, 1.54) is 19.2 Å². The van der Waals surface area contributed by atoms with Crippen molar-refractivity contribution in [1.29, 1.82) is 0 Å². The summed E-state index contributed by atoms with van der Waals surface area (Å²) >= 11 is 0. The number of nitrogens with zero attached hydrogens (tertiary/aromatic N) is 1. The highest BCUT2D eigenvalue weighted by atomic mass is 16.4. The first-order chi connectivity index (χ1) is 10.7. The predicted molar refractivity (Wildman–Crippen MR) is 84.5 cm³/mol. The third-order valence-electron chi connectivity index (χ3n) is 4.13. The standard InChI is InChI=1S/C16H27N3O3/c1-2-7-19-8-5-13(6-9-19)11-17-16(21)18-12-14(20)15-4-3-10-22-15/h3-4,10,13-14,20H,2,5-9,11-12H2,1H3,(H2,17,18,21). The van der Waals surface area contributed by atoms with Crippen LogP contribution >= 0.6 is 0 Å². The van der Waals surface area contributed by atoms with Crippen LogP contribution in [0.2, 0.25) is 0 Å². The Morgan fingerprint density at radius 3 is 2.86 bits per heavy atom. The molecule has 6 nitrogen and oxygen atoms in total. The van der Waals surface area contributed by atoms with E-state index >= 15 is 0 Å². The molecule has 1 saturated heterocycles. The lowest BCUT2D eigenvalue weighted by atomic mass is 9.97. The summed E-state index contributed by atoms with van der Waals surface area (Å²) in [6.45, 7) is 6.47. The smallest absolute Gasteiger partial charge is 0.314 e. The average molecular weight is 309 g/mol. The highest BCUT2D eigenvalue weighted by Crippen LogP contribution is 2.16. The first kappa shape index (κ1) is 16.8. The number of nitrogens with one attached hydrogen (secondary N) is 2. The lowest BCUT2D eigenvalue weighted by Crippen LogP contribution is -2.43. The van der Waals surface area contributed by atoms with Crippen LogP contribution in [0.5, 0.6) is 0 Å². The second-order valence-corrected chi connectivity index (χ2v) is 5.91. The lowest BCUT2D eigenvalue weighted by Gasteiger charge is -2.31. The lowest BCUT2D eigenvalue weighted by molar-refractivity contribution is 0.147. The third kappa shape index (κ3) is 5.35. The fraction of sp³-hybridized carbons (Fsp3) is 0.688. The summed E-state index contributed by atoms with van der Waals surface area (Å²) in [5.41, 5.74) is 0. The Morgan fingerprint density at radius 2 is 2.23 bits per heavy atom. The predicted octanol–water partition coefficient (Wildman–Crippen LogP) is 1.73. The highest BCUT2D eigenvalue weighted by Gasteiger charge is 2.19. The maximum absolute atomic E-state index is 11.8. The Hall–Kier alpha value is -1.53. The van der Waals surface area contributed by atoms with Gasteiger partial charge in [0.15, 0.2) is 0 Å². The number of carbonyl (C=O) groups is 1. The monoisotopic (exact) mass is 309 g/mol. The van der Waals surface area contributed by atoms with Gasteiger partial charge in [-0.3, -0.25) is 0 Å². The molecule has 1 aliphatic heterocycles. The van der Waals surface area contributed by atoms with Crippen LogP contribution in [0.15, 0.2) is 22.8 Å². The van der Waals surface area contributed by atoms with Gasteiger partial charge in [-0.15, -0.1) is 0 Å². The van der Waals surface area contributed by atoms with E-state index in [0.717, 1.165) is 25.9 Å². The van der Waals surface area contributed by atoms with Crippen LogP contribution in [0.4, 0.5) is 4.79 Å². The number of hydrogen-bond acceptors (Lipinski definition) is 4. The van der Waals surface area contributed by atoms with Gasteiger partial charge in [0.25, 0.3) is 0 Å². The minimum Gasteiger partial charge on any atom is -0.467 e. The molecule has 1 fully saturated rings. The molecule has 1 aromatic rings. The number of urea groups is 1. The fourth-order valence-corrected chi connectivity index (χ4v) is 2.80. The normalized spacial score (nSPS) is 18.1. The van der Waals surface area contributed by atoms with E-state index in [-0.39, 0.29) is 12.6 Å². The molecule has 3 N–H and O–H groups in total. The zero-order valence-electron chi connectivity index (χ0n) is 13.3. The summed E-state index contributed by atoms with van der Waals surface area (Å²) in [5, 5.41) is 15.4. The van der Waals surface area contributed by atoms with Crippen LogP contribution in [0.1, 0.15) is 38.1 Å². The van der Waals surface area contributed by atoms with E-state index in [2.05, 4.69) is 22.5 Å². The van der Waals surface area contributed by atoms with Gasteiger partial charge in [0.2, 0.25) is 0 Å². The molecule has 2 heterocycles. The van der Waals surface area contributed by atoms with Crippen molar-refractivity contribution in [3.63, 3.8) is 0 Å². The summed E-state index contributed by atoms with van der Waals surface area (Å²) in [4.78, 5) is 14.2. The summed E-state index contributed by atoms with van der Waals surface area (Å²) in [6, 6.07) is 3.17. The molecule has 0 radical (unpaired) electrons. The molecule has 0 aromatic carbocycles. The molecule has 1 aliphatic rings. The Morgan fingerprint density at radius 1 is 1.45 bits per heavy atom. The van der Waals surface area contributed by atoms with Crippen molar-refractivity contribution in [3.05, 3.63) is 24.2 Å². The van der Waals surface area contributed by atoms with Gasteiger partial charge >= 0.3 is 6.03 Å². The number of carbonyl (C=O) groups excluding carboxylic acids is 1. The summed E-state index contributed by atoms with van der Waals surface area (Å²) in [6.07, 6.45) is 4.16. The number of hydrogen-bond donors (Lipinski definition) is 3. The Labute approximate surface area is 131 Å². The Bertz CT molecular complexity index is 428. The van der Waals surface area contributed by atoms with Crippen molar-refractivity contribution in [2.45, 2.75) is 32.3 Å². The van der Waals surface area contributed by atoms with Crippen LogP contribution in [-0.2, 0) is 0 Å². The van der Waals surface area contributed by atoms with Crippen LogP contribution in [0.25, 0.3) is 0 Å². The molecule has 0 saturated carbocycles. The number of amides is 2. The van der Waals surface area contributed by atoms with Gasteiger partial charge in [0.1, 0.15) is 11.9 Å². The van der Waals surface area contributed by atoms with Crippen molar-refractivity contribution in [2.24, 2.45) is 5.92 Å². The van der Waals surface area contributed by atoms with E-state index in [4.69, 9.17) is 4.42 Å². The van der Waals surface area contributed by atoms with Crippen molar-refractivity contribution in [2.75, 3.05) is 32.7 Å². The number of furan rings is 1. The molecule has 1 aromatic heterocycles. The van der Waals surface area contributed by atoms with E-state index in [0.29, 0.717) is 18.2 Å². The molecule has 2 rings (SSSR count). The van der Waals surface area contributed by atoms with Gasteiger partial charge in [-0.2, -0.15) is 0 Å². The minimum absolute atomic E-state index is 0.147. The van der Waals surface area contributed by atoms with E-state index in [1.807, 2.05) is 0 Å². The number of piperidine rings is 1. The van der Waals surface area contributed by atoms with Gasteiger partial charge < -0.3 is 25.1 Å². The van der Waals surface area contributed by atoms with Crippen molar-refractivity contribution in [1.82, 2.24) is 15.5 Å². The number of likely N-dealkylation sites (tertiary alicyclic amines) is 1. The fourth-order valence-electron chi connectivity index (χ4n) is 2.80. The van der Waals surface area contributed by atoms with Crippen molar-refractivity contribution < 1.29 is 14.3 Å². The molecular weight excluding hydrogens is 282 g/mol. The van der Waals surface area contributed by atoms with Crippen LogP contribution in [-0.4, -0.2) is 48.8 Å². The van der Waals surface area contributed by atoms with Crippen molar-refractivity contribution >= 4 is 6.03 Å². The summed E-state index contributed by atoms with van der Waals surface area (Å²) in [5.74, 6) is 1.01. The molecule has 0 spiro atoms. The summed E-state index contributed by atoms with van der Waals surface area (Å²) in [7, 11) is 0. The van der Waals surface area contributed by atoms with E-state index < -0.39 is 6.10 Å². The molecular formula is C16H27N3O3. The zero-order valence-corrected chi connectivity index (χ0v) is 13.3. The molecule has 1 unspecified atom stereocenters. The van der Waals surface area contributed by atoms with Gasteiger partial charge in [0.05, 0.1) is 12.8 Å². The average Bonchev–Trinajstić information content (AvgIpc) is 3.07. The van der Waals surface area contributed by atoms with Gasteiger partial charge in [-0.05, 0) is 56.9 Å². The molecule has 1 atom stereocenters. The van der Waals surface area contributed by atoms with Crippen LogP contribution in [0, 0.1) is 5.92 Å². The number of rotatable bonds is 7. The molecule has 22 heavy (non-hydrogen) atoms. The minimum atomic E-state index is -0.807. The SMILES string of the molecule is CCCN1CCC(CNC(=O)NCC(O)c2ccco2)CC1. The maximum atomic E-state index is 11.8. The first-order valence-corrected chi connectivity index (χ1v) is 8.14. The van der Waals surface area contributed by atoms with Crippen molar-refractivity contribution in [3.8, 4) is 0 Å². The number of aliphatic hydroxyl groups excluding tert-OH is 1. The van der Waals surface area contributed by atoms with Gasteiger partial charge in [-0.25, -0.2) is 4.79 Å². The second kappa shape index (κ2) is 8.80. The topological polar surface area (TPSA) is 77.7 Å². The first-order valence-electron chi connectivity index (χ1n) is 8.14. The molecule has 124 valence electrons. The maximum Gasteiger partial charge on any atom is 0.314 e. The van der Waals surface area contributed by atoms with E-state index in [9.17, 15) is 9.90 Å². The summed E-state index contributed by atoms with van der Waals surface area (Å²) < 4.78 is 5.09. The van der Waals surface area contributed by atoms with E-state index in [1.54, 1.807) is 12.1 Å². The molecule has 0 bridgehead atoms. The quantitative estimate of drug-likeness (QED) is 0.717. The zero-order chi connectivity index (χ0) is 15.8. The molecule has 0 aliphatic carbocycles. The second-order valence-electron chi connectivity index (χ2n) is 5.91. The van der Waals surface area contributed by atoms with Crippen LogP contribution in [0.3, 0.4) is 0 Å². The molecule has 6 heteroatoms. The van der Waals surface area contributed by atoms with Gasteiger partial charge in [-0.1, -0.05) is 6.92 Å². The van der Waals surface area contributed by atoms with Crippen LogP contribution < -0.4 is 10.6 Å². The Balaban J connectivity index is 1.58. The molecule has 2 amide bonds. The largest absolute Gasteiger partial charge is 0.467 e. The van der Waals surface area contributed by atoms with Gasteiger partial charge in [0, 0.05) is 6.54 Å².